The first-order chi connectivity index (χ1) is 11.1. The molecule has 1 aliphatic rings. The number of thioether (sulfide) groups is 1. The number of pyridine rings is 1. The van der Waals surface area contributed by atoms with Crippen LogP contribution in [0.25, 0.3) is 0 Å². The van der Waals surface area contributed by atoms with E-state index in [2.05, 4.69) is 28.3 Å². The van der Waals surface area contributed by atoms with E-state index < -0.39 is 0 Å². The fourth-order valence-corrected chi connectivity index (χ4v) is 3.75. The summed E-state index contributed by atoms with van der Waals surface area (Å²) in [5.74, 6) is 1.01. The third-order valence-corrected chi connectivity index (χ3v) is 5.50. The van der Waals surface area contributed by atoms with Crippen LogP contribution in [0, 0.1) is 6.92 Å². The van der Waals surface area contributed by atoms with Crippen LogP contribution in [0.1, 0.15) is 22.9 Å². The van der Waals surface area contributed by atoms with Gasteiger partial charge in [0.15, 0.2) is 5.17 Å². The van der Waals surface area contributed by atoms with Gasteiger partial charge in [0, 0.05) is 24.1 Å². The lowest BCUT2D eigenvalue weighted by Crippen LogP contribution is -2.28. The zero-order chi connectivity index (χ0) is 16.2. The number of aromatic nitrogens is 1. The molecule has 0 aliphatic carbocycles. The van der Waals surface area contributed by atoms with Crippen molar-refractivity contribution in [1.29, 1.82) is 0 Å². The Kier molecular flexibility index (Phi) is 5.46. The van der Waals surface area contributed by atoms with Crippen LogP contribution >= 0.6 is 35.0 Å². The van der Waals surface area contributed by atoms with Crippen molar-refractivity contribution >= 4 is 40.1 Å². The van der Waals surface area contributed by atoms with Crippen LogP contribution in [0.4, 0.5) is 0 Å². The maximum absolute atomic E-state index is 6.44. The van der Waals surface area contributed by atoms with Gasteiger partial charge in [-0.25, -0.2) is 0 Å². The van der Waals surface area contributed by atoms with Gasteiger partial charge in [0.25, 0.3) is 0 Å². The molecule has 1 aromatic heterocycles. The van der Waals surface area contributed by atoms with E-state index in [0.29, 0.717) is 10.0 Å². The minimum absolute atomic E-state index is 0.0147. The van der Waals surface area contributed by atoms with E-state index in [0.717, 1.165) is 35.1 Å². The molecular weight excluding hydrogens is 349 g/mol. The van der Waals surface area contributed by atoms with Gasteiger partial charge in [0.2, 0.25) is 0 Å². The Bertz CT molecular complexity index is 734. The Morgan fingerprint density at radius 3 is 2.87 bits per heavy atom. The van der Waals surface area contributed by atoms with Gasteiger partial charge in [0.1, 0.15) is 0 Å². The number of benzene rings is 1. The van der Waals surface area contributed by atoms with E-state index in [4.69, 9.17) is 23.2 Å². The summed E-state index contributed by atoms with van der Waals surface area (Å²) in [5, 5.41) is 5.62. The number of halogens is 2. The number of aliphatic imine (C=N–C) groups is 1. The van der Waals surface area contributed by atoms with Gasteiger partial charge in [-0.1, -0.05) is 53.2 Å². The summed E-state index contributed by atoms with van der Waals surface area (Å²) in [6.45, 7) is 2.92. The lowest BCUT2D eigenvalue weighted by molar-refractivity contribution is 0.635. The van der Waals surface area contributed by atoms with Crippen molar-refractivity contribution in [2.75, 3.05) is 12.3 Å². The molecule has 0 saturated heterocycles. The molecule has 6 heteroatoms. The summed E-state index contributed by atoms with van der Waals surface area (Å²) >= 11 is 14.4. The van der Waals surface area contributed by atoms with E-state index >= 15 is 0 Å². The van der Waals surface area contributed by atoms with Crippen molar-refractivity contribution in [2.45, 2.75) is 19.4 Å². The molecule has 0 fully saturated rings. The zero-order valence-electron chi connectivity index (χ0n) is 12.7. The Hall–Kier alpha value is -1.23. The van der Waals surface area contributed by atoms with Gasteiger partial charge in [-0.2, -0.15) is 0 Å². The van der Waals surface area contributed by atoms with Gasteiger partial charge in [0.05, 0.1) is 22.6 Å². The molecule has 0 saturated carbocycles. The van der Waals surface area contributed by atoms with Crippen LogP contribution in [-0.4, -0.2) is 22.4 Å². The quantitative estimate of drug-likeness (QED) is 0.854. The number of hydrogen-bond acceptors (Lipinski definition) is 4. The molecule has 0 bridgehead atoms. The lowest BCUT2D eigenvalue weighted by atomic mass is 9.99. The van der Waals surface area contributed by atoms with Gasteiger partial charge >= 0.3 is 0 Å². The molecular formula is C17H17Cl2N3S. The maximum atomic E-state index is 6.44. The predicted molar refractivity (Wildman–Crippen MR) is 99.8 cm³/mol. The zero-order valence-corrected chi connectivity index (χ0v) is 15.0. The number of hydrogen-bond donors (Lipinski definition) is 1. The second kappa shape index (κ2) is 7.56. The normalized spacial score (nSPS) is 15.3. The number of aryl methyl sites for hydroxylation is 1. The summed E-state index contributed by atoms with van der Waals surface area (Å²) < 4.78 is 0. The molecule has 0 spiro atoms. The molecule has 2 heterocycles. The monoisotopic (exact) mass is 365 g/mol. The minimum atomic E-state index is -0.0147. The minimum Gasteiger partial charge on any atom is -0.358 e. The molecule has 1 aromatic carbocycles. The fourth-order valence-electron chi connectivity index (χ4n) is 2.53. The highest BCUT2D eigenvalue weighted by Gasteiger charge is 2.21. The highest BCUT2D eigenvalue weighted by atomic mass is 35.5. The van der Waals surface area contributed by atoms with Crippen molar-refractivity contribution < 1.29 is 0 Å². The Morgan fingerprint density at radius 1 is 1.26 bits per heavy atom. The Balaban J connectivity index is 1.93. The molecule has 0 amide bonds. The third kappa shape index (κ3) is 4.00. The van der Waals surface area contributed by atoms with Gasteiger partial charge in [-0.3, -0.25) is 9.98 Å². The topological polar surface area (TPSA) is 37.3 Å². The van der Waals surface area contributed by atoms with Crippen molar-refractivity contribution in [3.05, 3.63) is 63.4 Å². The van der Waals surface area contributed by atoms with E-state index in [-0.39, 0.29) is 6.04 Å². The molecule has 3 rings (SSSR count). The van der Waals surface area contributed by atoms with Crippen LogP contribution in [0.5, 0.6) is 0 Å². The van der Waals surface area contributed by atoms with E-state index in [1.807, 2.05) is 24.4 Å². The molecule has 2 aromatic rings. The van der Waals surface area contributed by atoms with E-state index in [1.165, 1.54) is 5.56 Å². The molecule has 120 valence electrons. The molecule has 1 atom stereocenters. The van der Waals surface area contributed by atoms with Crippen molar-refractivity contribution in [3.8, 4) is 0 Å². The number of nitrogens with zero attached hydrogens (tertiary/aromatic N) is 2. The Morgan fingerprint density at radius 2 is 2.13 bits per heavy atom. The summed E-state index contributed by atoms with van der Waals surface area (Å²) in [5.41, 5.74) is 3.18. The lowest BCUT2D eigenvalue weighted by Gasteiger charge is -2.22. The second-order valence-corrected chi connectivity index (χ2v) is 7.22. The third-order valence-electron chi connectivity index (χ3n) is 3.76. The van der Waals surface area contributed by atoms with Crippen molar-refractivity contribution in [1.82, 2.24) is 10.3 Å². The summed E-state index contributed by atoms with van der Waals surface area (Å²) in [6, 6.07) is 9.74. The summed E-state index contributed by atoms with van der Waals surface area (Å²) in [4.78, 5) is 9.00. The maximum Gasteiger partial charge on any atom is 0.157 e. The average molecular weight is 366 g/mol. The molecule has 23 heavy (non-hydrogen) atoms. The predicted octanol–water partition coefficient (Wildman–Crippen LogP) is 4.67. The van der Waals surface area contributed by atoms with Crippen LogP contribution in [0.2, 0.25) is 10.0 Å². The van der Waals surface area contributed by atoms with Gasteiger partial charge in [-0.05, 0) is 30.2 Å². The molecule has 1 N–H and O–H groups in total. The van der Waals surface area contributed by atoms with Gasteiger partial charge < -0.3 is 5.32 Å². The van der Waals surface area contributed by atoms with Crippen LogP contribution < -0.4 is 5.32 Å². The average Bonchev–Trinajstić information content (AvgIpc) is 3.05. The second-order valence-electron chi connectivity index (χ2n) is 5.35. The molecule has 1 unspecified atom stereocenters. The van der Waals surface area contributed by atoms with E-state index in [1.54, 1.807) is 17.8 Å². The highest BCUT2D eigenvalue weighted by Crippen LogP contribution is 2.32. The van der Waals surface area contributed by atoms with Gasteiger partial charge in [-0.15, -0.1) is 0 Å². The van der Waals surface area contributed by atoms with Crippen LogP contribution in [0.3, 0.4) is 0 Å². The SMILES string of the molecule is Cc1cccnc1CC(NC1=NCCS1)c1cccc(Cl)c1Cl. The highest BCUT2D eigenvalue weighted by molar-refractivity contribution is 8.14. The molecule has 3 nitrogen and oxygen atoms in total. The first-order valence-corrected chi connectivity index (χ1v) is 9.17. The largest absolute Gasteiger partial charge is 0.358 e. The summed E-state index contributed by atoms with van der Waals surface area (Å²) in [6.07, 6.45) is 2.55. The number of nitrogens with one attached hydrogen (secondary N) is 1. The Labute approximate surface area is 150 Å². The first kappa shape index (κ1) is 16.6. The standard InChI is InChI=1S/C17H17Cl2N3S/c1-11-4-3-7-20-14(11)10-15(22-17-21-8-9-23-17)12-5-2-6-13(18)16(12)19/h2-7,15H,8-10H2,1H3,(H,21,22). The van der Waals surface area contributed by atoms with Crippen molar-refractivity contribution in [2.24, 2.45) is 4.99 Å². The van der Waals surface area contributed by atoms with E-state index in [9.17, 15) is 0 Å². The smallest absolute Gasteiger partial charge is 0.157 e. The fraction of sp³-hybridized carbons (Fsp3) is 0.294. The number of rotatable bonds is 4. The first-order valence-electron chi connectivity index (χ1n) is 7.43. The number of amidine groups is 1. The van der Waals surface area contributed by atoms with Crippen LogP contribution in [-0.2, 0) is 6.42 Å². The van der Waals surface area contributed by atoms with Crippen molar-refractivity contribution in [3.63, 3.8) is 0 Å². The molecule has 0 radical (unpaired) electrons. The van der Waals surface area contributed by atoms with Crippen LogP contribution in [0.15, 0.2) is 41.5 Å². The molecule has 1 aliphatic heterocycles. The summed E-state index contributed by atoms with van der Waals surface area (Å²) in [7, 11) is 0.